The molecule has 0 bridgehead atoms. The number of likely N-dealkylation sites (N-methyl/N-ethyl adjacent to an activating group) is 1. The fraction of sp³-hybridized carbons (Fsp3) is 0.378. The number of nitrogens with zero attached hydrogens (tertiary/aromatic N) is 2. The average Bonchev–Trinajstić information content (AvgIpc) is 3.64. The van der Waals surface area contributed by atoms with Crippen LogP contribution in [0, 0.1) is 17.7 Å². The van der Waals surface area contributed by atoms with Crippen molar-refractivity contribution in [2.45, 2.75) is 31.5 Å². The minimum absolute atomic E-state index is 0.0268. The number of rotatable bonds is 12. The van der Waals surface area contributed by atoms with E-state index in [4.69, 9.17) is 4.74 Å². The third-order valence-corrected chi connectivity index (χ3v) is 9.63. The number of carbonyl (C=O) groups is 2. The van der Waals surface area contributed by atoms with E-state index >= 15 is 4.39 Å². The van der Waals surface area contributed by atoms with Gasteiger partial charge in [0.25, 0.3) is 5.91 Å². The molecule has 258 valence electrons. The highest BCUT2D eigenvalue weighted by Crippen LogP contribution is 2.39. The molecule has 1 aromatic heterocycles. The lowest BCUT2D eigenvalue weighted by Crippen LogP contribution is -2.36. The van der Waals surface area contributed by atoms with Gasteiger partial charge in [-0.2, -0.15) is 0 Å². The summed E-state index contributed by atoms with van der Waals surface area (Å²) in [6.07, 6.45) is 0.708. The molecule has 1 aliphatic carbocycles. The predicted molar refractivity (Wildman–Crippen MR) is 184 cm³/mol. The number of benzene rings is 3. The van der Waals surface area contributed by atoms with Crippen LogP contribution in [-0.2, 0) is 11.2 Å². The van der Waals surface area contributed by atoms with Gasteiger partial charge < -0.3 is 35.1 Å². The molecule has 1 saturated heterocycles. The van der Waals surface area contributed by atoms with Crippen LogP contribution in [0.25, 0.3) is 10.9 Å². The van der Waals surface area contributed by atoms with Gasteiger partial charge in [0, 0.05) is 56.9 Å². The van der Waals surface area contributed by atoms with Crippen LogP contribution in [0.15, 0.2) is 77.6 Å². The third kappa shape index (κ3) is 8.27. The van der Waals surface area contributed by atoms with Gasteiger partial charge in [-0.25, -0.2) is 9.18 Å². The van der Waals surface area contributed by atoms with Crippen molar-refractivity contribution in [2.75, 3.05) is 51.6 Å². The van der Waals surface area contributed by atoms with Gasteiger partial charge in [-0.3, -0.25) is 14.9 Å². The van der Waals surface area contributed by atoms with Gasteiger partial charge in [0.1, 0.15) is 17.7 Å². The van der Waals surface area contributed by atoms with Crippen molar-refractivity contribution >= 4 is 28.6 Å². The molecule has 2 amide bonds. The Bertz CT molecular complexity index is 1840. The quantitative estimate of drug-likeness (QED) is 0.140. The van der Waals surface area contributed by atoms with Crippen molar-refractivity contribution < 1.29 is 28.9 Å². The van der Waals surface area contributed by atoms with Crippen molar-refractivity contribution in [3.8, 4) is 5.75 Å². The first-order chi connectivity index (χ1) is 23.6. The van der Waals surface area contributed by atoms with Crippen molar-refractivity contribution in [2.24, 2.45) is 11.8 Å². The number of pyridine rings is 1. The number of aromatic amines is 1. The monoisotopic (exact) mass is 671 g/mol. The number of aromatic hydroxyl groups is 1. The second-order valence-corrected chi connectivity index (χ2v) is 13.1. The molecule has 3 aromatic carbocycles. The van der Waals surface area contributed by atoms with Crippen molar-refractivity contribution in [1.82, 2.24) is 20.1 Å². The van der Waals surface area contributed by atoms with Gasteiger partial charge >= 0.3 is 6.09 Å². The van der Waals surface area contributed by atoms with E-state index in [0.717, 1.165) is 31.5 Å². The number of halogens is 1. The summed E-state index contributed by atoms with van der Waals surface area (Å²) in [4.78, 5) is 43.5. The number of aliphatic hydroxyl groups is 1. The lowest BCUT2D eigenvalue weighted by Gasteiger charge is -2.23. The normalized spacial score (nSPS) is 19.4. The second kappa shape index (κ2) is 15.2. The summed E-state index contributed by atoms with van der Waals surface area (Å²) in [6, 6.07) is 19.8. The van der Waals surface area contributed by atoms with Gasteiger partial charge in [-0.05, 0) is 85.2 Å². The SMILES string of the molecule is CN(CCN1C[C@H]2CC(OC(=O)Nc3ccccc3)C[C@H]2C1)C(=O)c1ccc(CCNC[C@H](O)c2ccc(O)c3[nH]c(=O)ccc23)cc1F. The molecule has 4 atom stereocenters. The summed E-state index contributed by atoms with van der Waals surface area (Å²) in [7, 11) is 1.69. The van der Waals surface area contributed by atoms with Crippen LogP contribution in [0.2, 0.25) is 0 Å². The minimum Gasteiger partial charge on any atom is -0.506 e. The molecule has 0 radical (unpaired) electrons. The Morgan fingerprint density at radius 3 is 2.55 bits per heavy atom. The number of hydrogen-bond donors (Lipinski definition) is 5. The minimum atomic E-state index is -0.897. The zero-order valence-electron chi connectivity index (χ0n) is 27.4. The highest BCUT2D eigenvalue weighted by Gasteiger charge is 2.42. The highest BCUT2D eigenvalue weighted by molar-refractivity contribution is 5.94. The van der Waals surface area contributed by atoms with Crippen LogP contribution in [0.3, 0.4) is 0 Å². The Morgan fingerprint density at radius 1 is 1.06 bits per heavy atom. The lowest BCUT2D eigenvalue weighted by molar-refractivity contribution is 0.0774. The van der Waals surface area contributed by atoms with Gasteiger partial charge in [-0.15, -0.1) is 0 Å². The third-order valence-electron chi connectivity index (χ3n) is 9.63. The van der Waals surface area contributed by atoms with E-state index in [-0.39, 0.29) is 40.9 Å². The number of phenolic OH excluding ortho intramolecular Hbond substituents is 1. The fourth-order valence-corrected chi connectivity index (χ4v) is 7.06. The first-order valence-corrected chi connectivity index (χ1v) is 16.7. The average molecular weight is 672 g/mol. The number of H-pyrrole nitrogens is 1. The van der Waals surface area contributed by atoms with Crippen LogP contribution in [0.1, 0.15) is 40.4 Å². The van der Waals surface area contributed by atoms with Gasteiger partial charge in [-0.1, -0.05) is 30.3 Å². The zero-order chi connectivity index (χ0) is 34.5. The Labute approximate surface area is 283 Å². The first kappa shape index (κ1) is 34.1. The summed E-state index contributed by atoms with van der Waals surface area (Å²) in [5.41, 5.74) is 1.93. The van der Waals surface area contributed by atoms with Gasteiger partial charge in [0.15, 0.2) is 0 Å². The topological polar surface area (TPSA) is 147 Å². The number of aromatic nitrogens is 1. The number of hydrogen-bond acceptors (Lipinski definition) is 8. The molecule has 12 heteroatoms. The molecule has 2 aliphatic rings. The van der Waals surface area contributed by atoms with E-state index in [9.17, 15) is 24.6 Å². The van der Waals surface area contributed by atoms with Crippen LogP contribution in [0.4, 0.5) is 14.9 Å². The maximum Gasteiger partial charge on any atom is 0.411 e. The number of carbonyl (C=O) groups excluding carboxylic acids is 2. The predicted octanol–water partition coefficient (Wildman–Crippen LogP) is 4.27. The molecule has 49 heavy (non-hydrogen) atoms. The standard InChI is InChI=1S/C37H42FN5O6/c1-42(15-16-43-21-24-18-27(19-25(24)22-43)49-37(48)40-26-5-3-2-4-6-26)36(47)30-8-7-23(17-31(30)38)13-14-39-20-33(45)28-9-11-32(44)35-29(28)10-12-34(46)41-35/h2-12,17,24-25,27,33,39,44-45H,13-16,18-22H2,1H3,(H,40,48)(H,41,46)/t24-,25+,27?,33-/m0/s1. The molecule has 1 saturated carbocycles. The summed E-state index contributed by atoms with van der Waals surface area (Å²) in [5.74, 6) is -0.133. The molecule has 2 heterocycles. The van der Waals surface area contributed by atoms with Gasteiger partial charge in [0.2, 0.25) is 5.56 Å². The smallest absolute Gasteiger partial charge is 0.411 e. The van der Waals surface area contributed by atoms with E-state index in [2.05, 4.69) is 20.5 Å². The van der Waals surface area contributed by atoms with Crippen molar-refractivity contribution in [3.05, 3.63) is 106 Å². The summed E-state index contributed by atoms with van der Waals surface area (Å²) in [6.45, 7) is 3.59. The van der Waals surface area contributed by atoms with E-state index in [1.807, 2.05) is 30.3 Å². The number of anilines is 1. The van der Waals surface area contributed by atoms with Crippen LogP contribution in [-0.4, -0.2) is 89.4 Å². The number of ether oxygens (including phenoxy) is 1. The number of amides is 2. The molecular weight excluding hydrogens is 629 g/mol. The molecule has 1 aliphatic heterocycles. The summed E-state index contributed by atoms with van der Waals surface area (Å²) >= 11 is 0. The molecule has 0 spiro atoms. The van der Waals surface area contributed by atoms with Crippen LogP contribution < -0.4 is 16.2 Å². The number of fused-ring (bicyclic) bond motifs is 2. The Kier molecular flexibility index (Phi) is 10.6. The van der Waals surface area contributed by atoms with E-state index in [1.54, 1.807) is 30.1 Å². The molecule has 6 rings (SSSR count). The maximum absolute atomic E-state index is 15.1. The van der Waals surface area contributed by atoms with E-state index in [0.29, 0.717) is 54.5 Å². The van der Waals surface area contributed by atoms with E-state index < -0.39 is 18.0 Å². The number of para-hydroxylation sites is 1. The number of aliphatic hydroxyl groups excluding tert-OH is 1. The molecule has 5 N–H and O–H groups in total. The zero-order valence-corrected chi connectivity index (χ0v) is 27.4. The Morgan fingerprint density at radius 2 is 1.82 bits per heavy atom. The second-order valence-electron chi connectivity index (χ2n) is 13.1. The first-order valence-electron chi connectivity index (χ1n) is 16.7. The van der Waals surface area contributed by atoms with Gasteiger partial charge in [0.05, 0.1) is 17.2 Å². The number of nitrogens with one attached hydrogen (secondary N) is 3. The molecular formula is C37H42FN5O6. The Balaban J connectivity index is 0.912. The van der Waals surface area contributed by atoms with Crippen LogP contribution >= 0.6 is 0 Å². The molecule has 2 fully saturated rings. The fourth-order valence-electron chi connectivity index (χ4n) is 7.06. The maximum atomic E-state index is 15.1. The highest BCUT2D eigenvalue weighted by atomic mass is 19.1. The summed E-state index contributed by atoms with van der Waals surface area (Å²) < 4.78 is 20.7. The summed E-state index contributed by atoms with van der Waals surface area (Å²) in [5, 5.41) is 27.3. The van der Waals surface area contributed by atoms with Crippen LogP contribution in [0.5, 0.6) is 5.75 Å². The van der Waals surface area contributed by atoms with Crippen molar-refractivity contribution in [3.63, 3.8) is 0 Å². The number of likely N-dealkylation sites (tertiary alicyclic amines) is 1. The van der Waals surface area contributed by atoms with Crippen molar-refractivity contribution in [1.29, 1.82) is 0 Å². The molecule has 4 aromatic rings. The Hall–Kier alpha value is -4.78. The molecule has 11 nitrogen and oxygen atoms in total. The largest absolute Gasteiger partial charge is 0.506 e. The number of phenols is 1. The molecule has 1 unspecified atom stereocenters. The lowest BCUT2D eigenvalue weighted by atomic mass is 10.0. The van der Waals surface area contributed by atoms with E-state index in [1.165, 1.54) is 24.3 Å².